The SMILES string of the molecule is CO/N=C/C=C\c1nc(C)[nH]c1C. The van der Waals surface area contributed by atoms with Gasteiger partial charge in [-0.3, -0.25) is 0 Å². The first-order valence-electron chi connectivity index (χ1n) is 4.00. The van der Waals surface area contributed by atoms with E-state index in [1.165, 1.54) is 7.11 Å². The van der Waals surface area contributed by atoms with Crippen LogP contribution in [0.2, 0.25) is 0 Å². The minimum atomic E-state index is 0.917. The smallest absolute Gasteiger partial charge is 0.106 e. The molecule has 0 saturated carbocycles. The van der Waals surface area contributed by atoms with Crippen LogP contribution in [0.25, 0.3) is 6.08 Å². The first-order valence-corrected chi connectivity index (χ1v) is 4.00. The molecule has 0 bridgehead atoms. The van der Waals surface area contributed by atoms with E-state index in [0.29, 0.717) is 0 Å². The molecule has 0 aliphatic heterocycles. The summed E-state index contributed by atoms with van der Waals surface area (Å²) in [5.41, 5.74) is 1.99. The standard InChI is InChI=1S/C9H13N3O/c1-7-9(12-8(2)11-7)5-4-6-10-13-3/h4-6H,1-3H3,(H,11,12)/b5-4-,10-6+. The van der Waals surface area contributed by atoms with Gasteiger partial charge in [-0.05, 0) is 26.0 Å². The van der Waals surface area contributed by atoms with E-state index in [4.69, 9.17) is 0 Å². The predicted molar refractivity (Wildman–Crippen MR) is 52.6 cm³/mol. The third kappa shape index (κ3) is 2.74. The molecule has 0 atom stereocenters. The number of aromatic amines is 1. The van der Waals surface area contributed by atoms with Crippen LogP contribution in [0.4, 0.5) is 0 Å². The number of hydrogen-bond acceptors (Lipinski definition) is 3. The van der Waals surface area contributed by atoms with Gasteiger partial charge in [0.2, 0.25) is 0 Å². The van der Waals surface area contributed by atoms with Gasteiger partial charge in [-0.15, -0.1) is 0 Å². The lowest BCUT2D eigenvalue weighted by atomic mass is 10.3. The summed E-state index contributed by atoms with van der Waals surface area (Å²) in [5, 5.41) is 3.57. The quantitative estimate of drug-likeness (QED) is 0.566. The van der Waals surface area contributed by atoms with Crippen molar-refractivity contribution < 1.29 is 4.84 Å². The highest BCUT2D eigenvalue weighted by Crippen LogP contribution is 2.05. The average Bonchev–Trinajstić information content (AvgIpc) is 2.39. The van der Waals surface area contributed by atoms with E-state index < -0.39 is 0 Å². The van der Waals surface area contributed by atoms with Crippen molar-refractivity contribution in [3.05, 3.63) is 23.3 Å². The van der Waals surface area contributed by atoms with Crippen molar-refractivity contribution in [3.63, 3.8) is 0 Å². The van der Waals surface area contributed by atoms with Crippen LogP contribution in [-0.4, -0.2) is 23.3 Å². The summed E-state index contributed by atoms with van der Waals surface area (Å²) in [7, 11) is 1.51. The monoisotopic (exact) mass is 179 g/mol. The molecular formula is C9H13N3O. The number of aromatic nitrogens is 2. The Morgan fingerprint density at radius 1 is 1.46 bits per heavy atom. The Balaban J connectivity index is 2.68. The number of aryl methyl sites for hydroxylation is 2. The van der Waals surface area contributed by atoms with Crippen molar-refractivity contribution in [1.29, 1.82) is 0 Å². The van der Waals surface area contributed by atoms with E-state index in [-0.39, 0.29) is 0 Å². The number of nitrogens with zero attached hydrogens (tertiary/aromatic N) is 2. The molecule has 0 spiro atoms. The highest BCUT2D eigenvalue weighted by Gasteiger charge is 1.97. The van der Waals surface area contributed by atoms with E-state index in [1.54, 1.807) is 12.3 Å². The molecular weight excluding hydrogens is 166 g/mol. The van der Waals surface area contributed by atoms with Crippen LogP contribution in [0.5, 0.6) is 0 Å². The Bertz CT molecular complexity index is 326. The van der Waals surface area contributed by atoms with Gasteiger partial charge in [-0.1, -0.05) is 5.16 Å². The Kier molecular flexibility index (Phi) is 3.25. The van der Waals surface area contributed by atoms with Crippen molar-refractivity contribution >= 4 is 12.3 Å². The second-order valence-corrected chi connectivity index (χ2v) is 2.63. The number of hydrogen-bond donors (Lipinski definition) is 1. The fourth-order valence-corrected chi connectivity index (χ4v) is 1.02. The van der Waals surface area contributed by atoms with Gasteiger partial charge in [-0.25, -0.2) is 4.98 Å². The van der Waals surface area contributed by atoms with Gasteiger partial charge >= 0.3 is 0 Å². The van der Waals surface area contributed by atoms with Gasteiger partial charge in [0, 0.05) is 5.69 Å². The van der Waals surface area contributed by atoms with Gasteiger partial charge in [0.15, 0.2) is 0 Å². The Morgan fingerprint density at radius 2 is 2.23 bits per heavy atom. The largest absolute Gasteiger partial charge is 0.399 e. The van der Waals surface area contributed by atoms with Crippen LogP contribution in [0.3, 0.4) is 0 Å². The fourth-order valence-electron chi connectivity index (χ4n) is 1.02. The van der Waals surface area contributed by atoms with Gasteiger partial charge in [0.1, 0.15) is 12.9 Å². The topological polar surface area (TPSA) is 50.3 Å². The zero-order chi connectivity index (χ0) is 9.68. The number of rotatable bonds is 3. The van der Waals surface area contributed by atoms with E-state index in [2.05, 4.69) is 20.0 Å². The van der Waals surface area contributed by atoms with Gasteiger partial charge in [0.25, 0.3) is 0 Å². The van der Waals surface area contributed by atoms with E-state index in [0.717, 1.165) is 17.2 Å². The molecule has 1 rings (SSSR count). The summed E-state index contributed by atoms with van der Waals surface area (Å²) in [6.45, 7) is 3.90. The number of H-pyrrole nitrogens is 1. The molecule has 1 aromatic rings. The van der Waals surface area contributed by atoms with Crippen LogP contribution >= 0.6 is 0 Å². The number of oxime groups is 1. The zero-order valence-corrected chi connectivity index (χ0v) is 8.03. The van der Waals surface area contributed by atoms with Crippen molar-refractivity contribution in [2.24, 2.45) is 5.16 Å². The Morgan fingerprint density at radius 3 is 2.77 bits per heavy atom. The van der Waals surface area contributed by atoms with Crippen molar-refractivity contribution in [1.82, 2.24) is 9.97 Å². The number of allylic oxidation sites excluding steroid dienone is 1. The van der Waals surface area contributed by atoms with Gasteiger partial charge < -0.3 is 9.82 Å². The molecule has 0 aliphatic rings. The highest BCUT2D eigenvalue weighted by atomic mass is 16.6. The third-order valence-corrected chi connectivity index (χ3v) is 1.55. The molecule has 1 heterocycles. The predicted octanol–water partition coefficient (Wildman–Crippen LogP) is 1.67. The second-order valence-electron chi connectivity index (χ2n) is 2.63. The molecule has 0 aliphatic carbocycles. The molecule has 1 aromatic heterocycles. The van der Waals surface area contributed by atoms with E-state index >= 15 is 0 Å². The Labute approximate surface area is 77.3 Å². The molecule has 4 nitrogen and oxygen atoms in total. The van der Waals surface area contributed by atoms with Crippen LogP contribution < -0.4 is 0 Å². The first kappa shape index (κ1) is 9.51. The molecule has 1 N–H and O–H groups in total. The summed E-state index contributed by atoms with van der Waals surface area (Å²) >= 11 is 0. The van der Waals surface area contributed by atoms with Gasteiger partial charge in [-0.2, -0.15) is 0 Å². The first-order chi connectivity index (χ1) is 6.24. The van der Waals surface area contributed by atoms with Crippen LogP contribution in [0.1, 0.15) is 17.2 Å². The normalized spacial score (nSPS) is 11.6. The lowest BCUT2D eigenvalue weighted by Gasteiger charge is -1.85. The fraction of sp³-hybridized carbons (Fsp3) is 0.333. The molecule has 0 saturated heterocycles. The minimum absolute atomic E-state index is 0.917. The molecule has 0 fully saturated rings. The molecule has 0 radical (unpaired) electrons. The van der Waals surface area contributed by atoms with E-state index in [9.17, 15) is 0 Å². The van der Waals surface area contributed by atoms with Gasteiger partial charge in [0.05, 0.1) is 11.9 Å². The minimum Gasteiger partial charge on any atom is -0.399 e. The van der Waals surface area contributed by atoms with E-state index in [1.807, 2.05) is 19.9 Å². The zero-order valence-electron chi connectivity index (χ0n) is 8.03. The maximum Gasteiger partial charge on any atom is 0.106 e. The van der Waals surface area contributed by atoms with Crippen molar-refractivity contribution in [2.45, 2.75) is 13.8 Å². The third-order valence-electron chi connectivity index (χ3n) is 1.55. The summed E-state index contributed by atoms with van der Waals surface area (Å²) < 4.78 is 0. The molecule has 0 amide bonds. The maximum atomic E-state index is 4.51. The summed E-state index contributed by atoms with van der Waals surface area (Å²) in [6, 6.07) is 0. The van der Waals surface area contributed by atoms with Crippen molar-refractivity contribution in [3.8, 4) is 0 Å². The summed E-state index contributed by atoms with van der Waals surface area (Å²) in [5.74, 6) is 0.917. The number of nitrogens with one attached hydrogen (secondary N) is 1. The number of imidazole rings is 1. The second kappa shape index (κ2) is 4.45. The lowest BCUT2D eigenvalue weighted by molar-refractivity contribution is 0.215. The molecule has 70 valence electrons. The molecule has 0 aromatic carbocycles. The van der Waals surface area contributed by atoms with Crippen molar-refractivity contribution in [2.75, 3.05) is 7.11 Å². The Hall–Kier alpha value is -1.58. The summed E-state index contributed by atoms with van der Waals surface area (Å²) in [6.07, 6.45) is 5.23. The van der Waals surface area contributed by atoms with Crippen LogP contribution in [0.15, 0.2) is 11.2 Å². The lowest BCUT2D eigenvalue weighted by Crippen LogP contribution is -1.76. The van der Waals surface area contributed by atoms with Crippen LogP contribution in [-0.2, 0) is 4.84 Å². The molecule has 13 heavy (non-hydrogen) atoms. The molecule has 0 unspecified atom stereocenters. The highest BCUT2D eigenvalue weighted by molar-refractivity contribution is 5.77. The van der Waals surface area contributed by atoms with Crippen LogP contribution in [0, 0.1) is 13.8 Å². The molecule has 4 heteroatoms. The summed E-state index contributed by atoms with van der Waals surface area (Å²) in [4.78, 5) is 11.9. The average molecular weight is 179 g/mol. The maximum absolute atomic E-state index is 4.51.